The van der Waals surface area contributed by atoms with E-state index in [0.29, 0.717) is 6.04 Å². The number of aromatic amines is 1. The van der Waals surface area contributed by atoms with Crippen LogP contribution in [0.15, 0.2) is 16.6 Å². The Labute approximate surface area is 117 Å². The number of benzene rings is 1. The molecule has 98 valence electrons. The summed E-state index contributed by atoms with van der Waals surface area (Å²) in [5.41, 5.74) is 5.36. The average molecular weight is 309 g/mol. The monoisotopic (exact) mass is 308 g/mol. The van der Waals surface area contributed by atoms with Gasteiger partial charge in [-0.1, -0.05) is 29.8 Å². The molecule has 1 atom stereocenters. The molecule has 0 radical (unpaired) electrons. The first-order chi connectivity index (χ1) is 8.62. The van der Waals surface area contributed by atoms with E-state index in [2.05, 4.69) is 59.1 Å². The molecule has 1 aromatic carbocycles. The highest BCUT2D eigenvalue weighted by atomic mass is 79.9. The first-order valence-corrected chi connectivity index (χ1v) is 7.39. The van der Waals surface area contributed by atoms with Crippen LogP contribution in [0.1, 0.15) is 43.1 Å². The molecule has 0 spiro atoms. The maximum absolute atomic E-state index is 3.61. The number of rotatable bonds is 4. The molecule has 0 bridgehead atoms. The normalized spacial score (nSPS) is 13.2. The molecule has 2 aromatic rings. The summed E-state index contributed by atoms with van der Waals surface area (Å²) < 4.78 is 1.15. The van der Waals surface area contributed by atoms with Crippen LogP contribution in [0.5, 0.6) is 0 Å². The van der Waals surface area contributed by atoms with E-state index in [1.807, 2.05) is 7.05 Å². The maximum atomic E-state index is 3.61. The molecule has 2 N–H and O–H groups in total. The van der Waals surface area contributed by atoms with Gasteiger partial charge in [0.15, 0.2) is 0 Å². The smallest absolute Gasteiger partial charge is 0.0490 e. The van der Waals surface area contributed by atoms with Gasteiger partial charge in [-0.05, 0) is 50.1 Å². The van der Waals surface area contributed by atoms with Crippen molar-refractivity contribution in [3.63, 3.8) is 0 Å². The molecule has 1 unspecified atom stereocenters. The third kappa shape index (κ3) is 2.21. The SMILES string of the molecule is CCc1[nH]c2c(C)cc(Br)cc2c1C(CC)NC. The lowest BCUT2D eigenvalue weighted by Crippen LogP contribution is -2.16. The van der Waals surface area contributed by atoms with Crippen LogP contribution >= 0.6 is 15.9 Å². The summed E-state index contributed by atoms with van der Waals surface area (Å²) in [6, 6.07) is 4.82. The molecule has 0 fully saturated rings. The van der Waals surface area contributed by atoms with Crippen LogP contribution in [0, 0.1) is 6.92 Å². The van der Waals surface area contributed by atoms with Crippen molar-refractivity contribution in [2.75, 3.05) is 7.05 Å². The van der Waals surface area contributed by atoms with Crippen molar-refractivity contribution in [1.82, 2.24) is 10.3 Å². The van der Waals surface area contributed by atoms with Crippen molar-refractivity contribution in [2.45, 2.75) is 39.7 Å². The standard InChI is InChI=1S/C15H21BrN2/c1-5-12(17-4)14-11-8-10(16)7-9(3)15(11)18-13(14)6-2/h7-8,12,17-18H,5-6H2,1-4H3. The van der Waals surface area contributed by atoms with Gasteiger partial charge in [-0.3, -0.25) is 0 Å². The molecule has 18 heavy (non-hydrogen) atoms. The number of H-pyrrole nitrogens is 1. The van der Waals surface area contributed by atoms with Gasteiger partial charge in [0, 0.05) is 27.1 Å². The Balaban J connectivity index is 2.75. The molecule has 1 heterocycles. The predicted molar refractivity (Wildman–Crippen MR) is 82.2 cm³/mol. The number of hydrogen-bond donors (Lipinski definition) is 2. The van der Waals surface area contributed by atoms with Crippen LogP contribution in [-0.4, -0.2) is 12.0 Å². The van der Waals surface area contributed by atoms with Gasteiger partial charge in [0.05, 0.1) is 0 Å². The van der Waals surface area contributed by atoms with Gasteiger partial charge in [0.1, 0.15) is 0 Å². The van der Waals surface area contributed by atoms with Gasteiger partial charge in [0.2, 0.25) is 0 Å². The van der Waals surface area contributed by atoms with Crippen LogP contribution in [0.4, 0.5) is 0 Å². The lowest BCUT2D eigenvalue weighted by molar-refractivity contribution is 0.575. The molecule has 0 saturated carbocycles. The highest BCUT2D eigenvalue weighted by Crippen LogP contribution is 2.33. The van der Waals surface area contributed by atoms with E-state index in [0.717, 1.165) is 17.3 Å². The Morgan fingerprint density at radius 2 is 2.06 bits per heavy atom. The van der Waals surface area contributed by atoms with E-state index in [9.17, 15) is 0 Å². The van der Waals surface area contributed by atoms with Gasteiger partial charge in [-0.25, -0.2) is 0 Å². The van der Waals surface area contributed by atoms with Crippen molar-refractivity contribution >= 4 is 26.8 Å². The maximum Gasteiger partial charge on any atom is 0.0490 e. The van der Waals surface area contributed by atoms with Crippen molar-refractivity contribution in [3.8, 4) is 0 Å². The zero-order chi connectivity index (χ0) is 13.3. The molecule has 0 saturated heterocycles. The molecule has 0 amide bonds. The summed E-state index contributed by atoms with van der Waals surface area (Å²) in [7, 11) is 2.04. The van der Waals surface area contributed by atoms with Crippen LogP contribution < -0.4 is 5.32 Å². The number of hydrogen-bond acceptors (Lipinski definition) is 1. The Kier molecular flexibility index (Phi) is 4.13. The van der Waals surface area contributed by atoms with Crippen LogP contribution in [0.2, 0.25) is 0 Å². The van der Waals surface area contributed by atoms with E-state index in [4.69, 9.17) is 0 Å². The van der Waals surface area contributed by atoms with E-state index < -0.39 is 0 Å². The highest BCUT2D eigenvalue weighted by Gasteiger charge is 2.18. The lowest BCUT2D eigenvalue weighted by Gasteiger charge is -2.15. The summed E-state index contributed by atoms with van der Waals surface area (Å²) in [6.45, 7) is 6.60. The van der Waals surface area contributed by atoms with E-state index in [-0.39, 0.29) is 0 Å². The number of aromatic nitrogens is 1. The fourth-order valence-electron chi connectivity index (χ4n) is 2.73. The minimum Gasteiger partial charge on any atom is -0.358 e. The van der Waals surface area contributed by atoms with E-state index in [1.165, 1.54) is 27.7 Å². The third-order valence-corrected chi connectivity index (χ3v) is 4.11. The largest absolute Gasteiger partial charge is 0.358 e. The highest BCUT2D eigenvalue weighted by molar-refractivity contribution is 9.10. The zero-order valence-electron chi connectivity index (χ0n) is 11.5. The molecule has 1 aromatic heterocycles. The number of fused-ring (bicyclic) bond motifs is 1. The first-order valence-electron chi connectivity index (χ1n) is 6.60. The van der Waals surface area contributed by atoms with Gasteiger partial charge in [0.25, 0.3) is 0 Å². The average Bonchev–Trinajstić information content (AvgIpc) is 2.70. The Bertz CT molecular complexity index is 553. The number of aryl methyl sites for hydroxylation is 2. The summed E-state index contributed by atoms with van der Waals surface area (Å²) in [5, 5.41) is 4.77. The molecule has 0 aliphatic carbocycles. The Morgan fingerprint density at radius 3 is 2.61 bits per heavy atom. The van der Waals surface area contributed by atoms with Crippen LogP contribution in [0.25, 0.3) is 10.9 Å². The van der Waals surface area contributed by atoms with Crippen LogP contribution in [0.3, 0.4) is 0 Å². The Morgan fingerprint density at radius 1 is 1.33 bits per heavy atom. The van der Waals surface area contributed by atoms with Crippen molar-refractivity contribution in [1.29, 1.82) is 0 Å². The molecular formula is C15H21BrN2. The topological polar surface area (TPSA) is 27.8 Å². The minimum atomic E-state index is 0.419. The molecule has 0 aliphatic heterocycles. The van der Waals surface area contributed by atoms with E-state index in [1.54, 1.807) is 0 Å². The summed E-state index contributed by atoms with van der Waals surface area (Å²) >= 11 is 3.61. The van der Waals surface area contributed by atoms with Crippen LogP contribution in [-0.2, 0) is 6.42 Å². The fourth-order valence-corrected chi connectivity index (χ4v) is 3.30. The lowest BCUT2D eigenvalue weighted by atomic mass is 9.99. The Hall–Kier alpha value is -0.800. The second kappa shape index (κ2) is 5.45. The number of nitrogens with one attached hydrogen (secondary N) is 2. The fraction of sp³-hybridized carbons (Fsp3) is 0.467. The molecule has 2 nitrogen and oxygen atoms in total. The summed E-state index contributed by atoms with van der Waals surface area (Å²) in [4.78, 5) is 3.60. The molecular weight excluding hydrogens is 288 g/mol. The second-order valence-electron chi connectivity index (χ2n) is 4.77. The zero-order valence-corrected chi connectivity index (χ0v) is 13.1. The van der Waals surface area contributed by atoms with Crippen molar-refractivity contribution in [2.24, 2.45) is 0 Å². The van der Waals surface area contributed by atoms with Gasteiger partial charge >= 0.3 is 0 Å². The minimum absolute atomic E-state index is 0.419. The summed E-state index contributed by atoms with van der Waals surface area (Å²) in [5.74, 6) is 0. The van der Waals surface area contributed by atoms with Gasteiger partial charge in [-0.2, -0.15) is 0 Å². The van der Waals surface area contributed by atoms with Gasteiger partial charge in [-0.15, -0.1) is 0 Å². The third-order valence-electron chi connectivity index (χ3n) is 3.65. The quantitative estimate of drug-likeness (QED) is 0.857. The second-order valence-corrected chi connectivity index (χ2v) is 5.68. The van der Waals surface area contributed by atoms with Gasteiger partial charge < -0.3 is 10.3 Å². The van der Waals surface area contributed by atoms with Crippen molar-refractivity contribution < 1.29 is 0 Å². The molecule has 3 heteroatoms. The summed E-state index contributed by atoms with van der Waals surface area (Å²) in [6.07, 6.45) is 2.14. The first kappa shape index (κ1) is 13.6. The van der Waals surface area contributed by atoms with Crippen molar-refractivity contribution in [3.05, 3.63) is 33.4 Å². The predicted octanol–water partition coefficient (Wildman–Crippen LogP) is 4.47. The molecule has 0 aliphatic rings. The number of halogens is 1. The van der Waals surface area contributed by atoms with E-state index >= 15 is 0 Å². The molecule has 2 rings (SSSR count).